The van der Waals surface area contributed by atoms with Crippen LogP contribution in [-0.4, -0.2) is 67.1 Å². The Morgan fingerprint density at radius 3 is 2.80 bits per heavy atom. The zero-order valence-corrected chi connectivity index (χ0v) is 26.3. The van der Waals surface area contributed by atoms with Gasteiger partial charge in [-0.15, -0.1) is 0 Å². The molecule has 1 saturated heterocycles. The highest BCUT2D eigenvalue weighted by Crippen LogP contribution is 2.44. The molecule has 0 radical (unpaired) electrons. The molecular weight excluding hydrogens is 558 g/mol. The van der Waals surface area contributed by atoms with Crippen molar-refractivity contribution >= 4 is 37.4 Å². The minimum Gasteiger partial charge on any atom is -0.416 e. The molecule has 0 spiro atoms. The van der Waals surface area contributed by atoms with E-state index in [1.165, 1.54) is 0 Å². The Bertz CT molecular complexity index is 1460. The van der Waals surface area contributed by atoms with E-state index in [2.05, 4.69) is 73.6 Å². The minimum absolute atomic E-state index is 0.110. The van der Waals surface area contributed by atoms with Crippen LogP contribution in [0.3, 0.4) is 0 Å². The molecule has 5 rings (SSSR count). The largest absolute Gasteiger partial charge is 0.416 e. The van der Waals surface area contributed by atoms with E-state index in [0.717, 1.165) is 16.8 Å². The summed E-state index contributed by atoms with van der Waals surface area (Å²) in [6.07, 6.45) is 1.58. The van der Waals surface area contributed by atoms with Crippen LogP contribution < -0.4 is 10.6 Å². The SMILES string of the molecule is CC(C)(C)[Si](C)(C)OC[C@@]1(C)CNc2c(C#N)cc(-c3ccnc(Nc4cc(Cl)nn4C[C@H]4COCCO4)n3)cc21. The highest BCUT2D eigenvalue weighted by atomic mass is 35.5. The molecule has 0 bridgehead atoms. The first-order valence-corrected chi connectivity index (χ1v) is 17.2. The summed E-state index contributed by atoms with van der Waals surface area (Å²) in [6, 6.07) is 9.94. The van der Waals surface area contributed by atoms with Crippen LogP contribution in [0.1, 0.15) is 38.8 Å². The molecule has 218 valence electrons. The van der Waals surface area contributed by atoms with Gasteiger partial charge in [0.05, 0.1) is 43.3 Å². The second kappa shape index (κ2) is 11.3. The number of hydrogen-bond donors (Lipinski definition) is 2. The van der Waals surface area contributed by atoms with Crippen molar-refractivity contribution in [1.82, 2.24) is 19.7 Å². The van der Waals surface area contributed by atoms with Crippen molar-refractivity contribution in [2.45, 2.75) is 63.9 Å². The lowest BCUT2D eigenvalue weighted by Crippen LogP contribution is -2.45. The van der Waals surface area contributed by atoms with Crippen LogP contribution in [-0.2, 0) is 25.9 Å². The van der Waals surface area contributed by atoms with Gasteiger partial charge in [0.25, 0.3) is 0 Å². The van der Waals surface area contributed by atoms with Crippen molar-refractivity contribution in [3.8, 4) is 17.3 Å². The van der Waals surface area contributed by atoms with Gasteiger partial charge in [-0.3, -0.25) is 0 Å². The van der Waals surface area contributed by atoms with E-state index >= 15 is 0 Å². The third-order valence-corrected chi connectivity index (χ3v) is 13.0. The number of benzene rings is 1. The fraction of sp³-hybridized carbons (Fsp3) is 0.517. The molecule has 0 unspecified atom stereocenters. The van der Waals surface area contributed by atoms with Crippen molar-refractivity contribution in [3.05, 3.63) is 46.7 Å². The molecule has 4 heterocycles. The van der Waals surface area contributed by atoms with E-state index in [9.17, 15) is 5.26 Å². The fourth-order valence-corrected chi connectivity index (χ4v) is 6.07. The minimum atomic E-state index is -1.96. The number of anilines is 3. The molecule has 2 aliphatic heterocycles. The molecule has 1 aromatic carbocycles. The van der Waals surface area contributed by atoms with E-state index in [1.807, 2.05) is 12.1 Å². The number of aromatic nitrogens is 4. The maximum atomic E-state index is 10.0. The van der Waals surface area contributed by atoms with Gasteiger partial charge in [0.1, 0.15) is 18.0 Å². The number of nitriles is 1. The summed E-state index contributed by atoms with van der Waals surface area (Å²) in [5.41, 5.74) is 3.78. The van der Waals surface area contributed by atoms with E-state index in [4.69, 9.17) is 30.5 Å². The smallest absolute Gasteiger partial charge is 0.228 e. The van der Waals surface area contributed by atoms with E-state index in [1.54, 1.807) is 16.9 Å². The van der Waals surface area contributed by atoms with Crippen molar-refractivity contribution < 1.29 is 13.9 Å². The summed E-state index contributed by atoms with van der Waals surface area (Å²) in [5, 5.41) is 21.6. The predicted molar refractivity (Wildman–Crippen MR) is 162 cm³/mol. The van der Waals surface area contributed by atoms with E-state index < -0.39 is 8.32 Å². The quantitative estimate of drug-likeness (QED) is 0.315. The molecule has 2 atom stereocenters. The third kappa shape index (κ3) is 6.27. The third-order valence-electron chi connectivity index (χ3n) is 8.33. The predicted octanol–water partition coefficient (Wildman–Crippen LogP) is 5.73. The number of fused-ring (bicyclic) bond motifs is 1. The summed E-state index contributed by atoms with van der Waals surface area (Å²) in [7, 11) is -1.96. The Labute approximate surface area is 247 Å². The molecule has 41 heavy (non-hydrogen) atoms. The van der Waals surface area contributed by atoms with Crippen LogP contribution in [0.15, 0.2) is 30.5 Å². The Morgan fingerprint density at radius 1 is 1.29 bits per heavy atom. The molecule has 0 aliphatic carbocycles. The second-order valence-corrected chi connectivity index (χ2v) is 17.7. The van der Waals surface area contributed by atoms with Gasteiger partial charge >= 0.3 is 0 Å². The fourth-order valence-electron chi connectivity index (χ4n) is 4.76. The molecule has 2 aromatic heterocycles. The zero-order chi connectivity index (χ0) is 29.4. The van der Waals surface area contributed by atoms with Crippen molar-refractivity contribution in [2.24, 2.45) is 0 Å². The van der Waals surface area contributed by atoms with Gasteiger partial charge in [0.2, 0.25) is 5.95 Å². The molecule has 2 aliphatic rings. The first-order chi connectivity index (χ1) is 19.4. The van der Waals surface area contributed by atoms with Crippen molar-refractivity contribution in [1.29, 1.82) is 5.26 Å². The average Bonchev–Trinajstić information content (AvgIpc) is 3.45. The standard InChI is InChI=1S/C29H38ClN7O3Si/c1-28(2,3)41(5,6)40-18-29(4)17-33-26-20(14-31)11-19(12-22(26)29)23-7-8-32-27(34-23)35-25-13-24(30)36-37(25)15-21-16-38-9-10-39-21/h7-8,11-13,21,33H,9-10,15-18H2,1-6H3,(H,32,34,35)/t21-,29+/m0/s1. The van der Waals surface area contributed by atoms with Gasteiger partial charge in [0.15, 0.2) is 13.5 Å². The Kier molecular flexibility index (Phi) is 8.15. The first kappa shape index (κ1) is 29.5. The molecule has 12 heteroatoms. The van der Waals surface area contributed by atoms with E-state index in [-0.39, 0.29) is 16.6 Å². The van der Waals surface area contributed by atoms with Crippen molar-refractivity contribution in [2.75, 3.05) is 43.6 Å². The second-order valence-electron chi connectivity index (χ2n) is 12.5. The van der Waals surface area contributed by atoms with Gasteiger partial charge in [-0.1, -0.05) is 39.3 Å². The summed E-state index contributed by atoms with van der Waals surface area (Å²) < 4.78 is 19.7. The van der Waals surface area contributed by atoms with Crippen LogP contribution in [0.2, 0.25) is 23.3 Å². The summed E-state index contributed by atoms with van der Waals surface area (Å²) >= 11 is 6.24. The summed E-state index contributed by atoms with van der Waals surface area (Å²) in [6.45, 7) is 16.9. The first-order valence-electron chi connectivity index (χ1n) is 13.9. The number of nitrogens with one attached hydrogen (secondary N) is 2. The highest BCUT2D eigenvalue weighted by Gasteiger charge is 2.42. The number of ether oxygens (including phenoxy) is 2. The lowest BCUT2D eigenvalue weighted by atomic mass is 9.83. The van der Waals surface area contributed by atoms with Crippen LogP contribution in [0.4, 0.5) is 17.5 Å². The molecule has 1 fully saturated rings. The van der Waals surface area contributed by atoms with Crippen LogP contribution in [0.25, 0.3) is 11.3 Å². The van der Waals surface area contributed by atoms with Crippen LogP contribution in [0.5, 0.6) is 0 Å². The number of nitrogens with zero attached hydrogens (tertiary/aromatic N) is 5. The van der Waals surface area contributed by atoms with Crippen LogP contribution in [0, 0.1) is 11.3 Å². The summed E-state index contributed by atoms with van der Waals surface area (Å²) in [4.78, 5) is 9.21. The van der Waals surface area contributed by atoms with Crippen LogP contribution >= 0.6 is 11.6 Å². The molecular formula is C29H38ClN7O3Si. The molecule has 0 saturated carbocycles. The zero-order valence-electron chi connectivity index (χ0n) is 24.5. The number of hydrogen-bond acceptors (Lipinski definition) is 9. The maximum absolute atomic E-state index is 10.0. The van der Waals surface area contributed by atoms with E-state index in [0.29, 0.717) is 67.7 Å². The molecule has 0 amide bonds. The highest BCUT2D eigenvalue weighted by molar-refractivity contribution is 6.74. The maximum Gasteiger partial charge on any atom is 0.228 e. The summed E-state index contributed by atoms with van der Waals surface area (Å²) in [5.74, 6) is 1.04. The molecule has 10 nitrogen and oxygen atoms in total. The van der Waals surface area contributed by atoms with Gasteiger partial charge in [-0.25, -0.2) is 14.6 Å². The van der Waals surface area contributed by atoms with Gasteiger partial charge in [-0.05, 0) is 41.9 Å². The Morgan fingerprint density at radius 2 is 2.10 bits per heavy atom. The monoisotopic (exact) mass is 595 g/mol. The average molecular weight is 596 g/mol. The van der Waals surface area contributed by atoms with Gasteiger partial charge in [0, 0.05) is 36.4 Å². The lowest BCUT2D eigenvalue weighted by Gasteiger charge is -2.39. The topological polar surface area (TPSA) is 119 Å². The Hall–Kier alpha value is -3.01. The van der Waals surface area contributed by atoms with Gasteiger partial charge in [-0.2, -0.15) is 10.4 Å². The number of rotatable bonds is 8. The molecule has 3 aromatic rings. The van der Waals surface area contributed by atoms with Crippen molar-refractivity contribution in [3.63, 3.8) is 0 Å². The van der Waals surface area contributed by atoms with Gasteiger partial charge < -0.3 is 24.5 Å². The molecule has 2 N–H and O–H groups in total. The number of halogens is 1. The lowest BCUT2D eigenvalue weighted by molar-refractivity contribution is -0.0944. The Balaban J connectivity index is 1.41. The normalized spacial score (nSPS) is 20.8.